The van der Waals surface area contributed by atoms with E-state index in [0.717, 1.165) is 0 Å². The van der Waals surface area contributed by atoms with Crippen molar-refractivity contribution in [3.8, 4) is 0 Å². The highest BCUT2D eigenvalue weighted by molar-refractivity contribution is 5.81. The summed E-state index contributed by atoms with van der Waals surface area (Å²) < 4.78 is 5.29. The normalized spacial score (nSPS) is 29.3. The van der Waals surface area contributed by atoms with Crippen molar-refractivity contribution in [2.75, 3.05) is 19.7 Å². The highest BCUT2D eigenvalue weighted by atomic mass is 16.5. The summed E-state index contributed by atoms with van der Waals surface area (Å²) in [4.78, 5) is 13.0. The molecule has 0 aromatic heterocycles. The first-order valence-corrected chi connectivity index (χ1v) is 4.90. The predicted octanol–water partition coefficient (Wildman–Crippen LogP) is -1.06. The molecule has 0 spiro atoms. The van der Waals surface area contributed by atoms with Crippen molar-refractivity contribution < 1.29 is 14.6 Å². The largest absolute Gasteiger partial charge is 0.388 e. The monoisotopic (exact) mass is 202 g/mol. The van der Waals surface area contributed by atoms with E-state index in [-0.39, 0.29) is 12.0 Å². The van der Waals surface area contributed by atoms with Crippen molar-refractivity contribution in [3.05, 3.63) is 0 Å². The number of nitrogens with two attached hydrogens (primary N) is 1. The third kappa shape index (κ3) is 2.43. The highest BCUT2D eigenvalue weighted by Crippen LogP contribution is 2.14. The number of ether oxygens (including phenoxy) is 1. The van der Waals surface area contributed by atoms with Gasteiger partial charge >= 0.3 is 0 Å². The van der Waals surface area contributed by atoms with Crippen LogP contribution in [0.15, 0.2) is 0 Å². The van der Waals surface area contributed by atoms with Crippen LogP contribution in [0.5, 0.6) is 0 Å². The van der Waals surface area contributed by atoms with Gasteiger partial charge in [0.25, 0.3) is 0 Å². The molecule has 0 aromatic rings. The van der Waals surface area contributed by atoms with Crippen molar-refractivity contribution in [2.45, 2.75) is 32.1 Å². The minimum Gasteiger partial charge on any atom is -0.388 e. The van der Waals surface area contributed by atoms with Crippen LogP contribution in [0.25, 0.3) is 0 Å². The maximum absolute atomic E-state index is 11.5. The van der Waals surface area contributed by atoms with Gasteiger partial charge in [-0.25, -0.2) is 0 Å². The van der Waals surface area contributed by atoms with E-state index in [1.165, 1.54) is 0 Å². The van der Waals surface area contributed by atoms with Gasteiger partial charge in [-0.15, -0.1) is 0 Å². The predicted molar refractivity (Wildman–Crippen MR) is 51.7 cm³/mol. The zero-order valence-electron chi connectivity index (χ0n) is 8.64. The third-order valence-corrected chi connectivity index (χ3v) is 2.32. The number of β-amino-alcohol motifs (C(OH)–C–C–N with tert-alkyl or cyclic N) is 1. The lowest BCUT2D eigenvalue weighted by Crippen LogP contribution is -2.41. The lowest BCUT2D eigenvalue weighted by molar-refractivity contribution is -0.131. The Hall–Kier alpha value is -0.650. The fraction of sp³-hybridized carbons (Fsp3) is 0.889. The topological polar surface area (TPSA) is 75.8 Å². The number of carbonyl (C=O) groups excluding carboxylic acids is 1. The molecule has 14 heavy (non-hydrogen) atoms. The summed E-state index contributed by atoms with van der Waals surface area (Å²) in [6.07, 6.45) is -0.847. The first-order chi connectivity index (χ1) is 6.56. The summed E-state index contributed by atoms with van der Waals surface area (Å²) in [5.41, 5.74) is 5.47. The molecule has 1 heterocycles. The average molecular weight is 202 g/mol. The Labute approximate surface area is 83.8 Å². The van der Waals surface area contributed by atoms with E-state index in [1.54, 1.807) is 11.8 Å². The molecule has 1 rings (SSSR count). The third-order valence-electron chi connectivity index (χ3n) is 2.32. The number of carbonyl (C=O) groups is 1. The summed E-state index contributed by atoms with van der Waals surface area (Å²) in [6, 6.07) is -0.512. The molecule has 0 radical (unpaired) electrons. The Morgan fingerprint density at radius 1 is 1.71 bits per heavy atom. The fourth-order valence-electron chi connectivity index (χ4n) is 1.60. The molecule has 82 valence electrons. The van der Waals surface area contributed by atoms with Gasteiger partial charge in [-0.3, -0.25) is 4.79 Å². The Kier molecular flexibility index (Phi) is 3.86. The molecule has 0 saturated carbocycles. The Morgan fingerprint density at radius 3 is 2.86 bits per heavy atom. The van der Waals surface area contributed by atoms with Crippen LogP contribution in [-0.2, 0) is 9.53 Å². The Bertz CT molecular complexity index is 208. The fourth-order valence-corrected chi connectivity index (χ4v) is 1.60. The molecule has 1 aliphatic heterocycles. The SMILES string of the molecule is CCO[C@@H]1CN(C(=O)[C@H](C)N)C[C@H]1O. The van der Waals surface area contributed by atoms with Crippen LogP contribution >= 0.6 is 0 Å². The van der Waals surface area contributed by atoms with Gasteiger partial charge in [0.2, 0.25) is 5.91 Å². The van der Waals surface area contributed by atoms with Crippen LogP contribution in [0.3, 0.4) is 0 Å². The van der Waals surface area contributed by atoms with E-state index in [2.05, 4.69) is 0 Å². The summed E-state index contributed by atoms with van der Waals surface area (Å²) in [6.45, 7) is 4.81. The van der Waals surface area contributed by atoms with Crippen molar-refractivity contribution >= 4 is 5.91 Å². The maximum atomic E-state index is 11.5. The minimum absolute atomic E-state index is 0.133. The van der Waals surface area contributed by atoms with Gasteiger partial charge in [-0.1, -0.05) is 0 Å². The van der Waals surface area contributed by atoms with Gasteiger partial charge in [0.05, 0.1) is 12.1 Å². The van der Waals surface area contributed by atoms with E-state index in [0.29, 0.717) is 19.7 Å². The van der Waals surface area contributed by atoms with Gasteiger partial charge < -0.3 is 20.5 Å². The number of likely N-dealkylation sites (tertiary alicyclic amines) is 1. The van der Waals surface area contributed by atoms with Crippen LogP contribution < -0.4 is 5.73 Å². The number of amides is 1. The van der Waals surface area contributed by atoms with Crippen molar-refractivity contribution in [1.29, 1.82) is 0 Å². The number of hydrogen-bond donors (Lipinski definition) is 2. The summed E-state index contributed by atoms with van der Waals surface area (Å²) in [7, 11) is 0. The molecule has 5 heteroatoms. The van der Waals surface area contributed by atoms with Crippen molar-refractivity contribution in [3.63, 3.8) is 0 Å². The minimum atomic E-state index is -0.586. The van der Waals surface area contributed by atoms with E-state index >= 15 is 0 Å². The first-order valence-electron chi connectivity index (χ1n) is 4.90. The Balaban J connectivity index is 2.49. The highest BCUT2D eigenvalue weighted by Gasteiger charge is 2.35. The molecule has 1 fully saturated rings. The standard InChI is InChI=1S/C9H18N2O3/c1-3-14-8-5-11(4-7(8)12)9(13)6(2)10/h6-8,12H,3-5,10H2,1-2H3/t6-,7+,8+/m0/s1. The first kappa shape index (κ1) is 11.4. The molecule has 1 saturated heterocycles. The lowest BCUT2D eigenvalue weighted by Gasteiger charge is -2.17. The molecule has 3 atom stereocenters. The quantitative estimate of drug-likeness (QED) is 0.612. The van der Waals surface area contributed by atoms with Gasteiger partial charge in [0, 0.05) is 19.7 Å². The summed E-state index contributed by atoms with van der Waals surface area (Å²) in [5.74, 6) is -0.133. The molecule has 1 amide bonds. The second-order valence-electron chi connectivity index (χ2n) is 3.59. The molecular weight excluding hydrogens is 184 g/mol. The molecule has 3 N–H and O–H groups in total. The summed E-state index contributed by atoms with van der Waals surface area (Å²) >= 11 is 0. The van der Waals surface area contributed by atoms with Crippen LogP contribution in [0.4, 0.5) is 0 Å². The van der Waals surface area contributed by atoms with Crippen LogP contribution in [0.1, 0.15) is 13.8 Å². The van der Waals surface area contributed by atoms with Crippen LogP contribution in [0, 0.1) is 0 Å². The number of hydrogen-bond acceptors (Lipinski definition) is 4. The van der Waals surface area contributed by atoms with Crippen molar-refractivity contribution in [1.82, 2.24) is 4.90 Å². The van der Waals surface area contributed by atoms with Crippen LogP contribution in [0.2, 0.25) is 0 Å². The van der Waals surface area contributed by atoms with E-state index in [9.17, 15) is 9.90 Å². The number of aliphatic hydroxyl groups is 1. The maximum Gasteiger partial charge on any atom is 0.239 e. The molecule has 0 aromatic carbocycles. The molecule has 0 bridgehead atoms. The lowest BCUT2D eigenvalue weighted by atomic mass is 10.3. The van der Waals surface area contributed by atoms with Gasteiger partial charge in [-0.05, 0) is 13.8 Å². The number of rotatable bonds is 3. The second-order valence-corrected chi connectivity index (χ2v) is 3.59. The van der Waals surface area contributed by atoms with Crippen molar-refractivity contribution in [2.24, 2.45) is 5.73 Å². The van der Waals surface area contributed by atoms with E-state index < -0.39 is 12.1 Å². The van der Waals surface area contributed by atoms with Gasteiger partial charge in [0.15, 0.2) is 0 Å². The van der Waals surface area contributed by atoms with Crippen LogP contribution in [-0.4, -0.2) is 53.9 Å². The molecular formula is C9H18N2O3. The molecule has 0 unspecified atom stereocenters. The smallest absolute Gasteiger partial charge is 0.239 e. The molecule has 0 aliphatic carbocycles. The second kappa shape index (κ2) is 4.72. The van der Waals surface area contributed by atoms with E-state index in [4.69, 9.17) is 10.5 Å². The average Bonchev–Trinajstić information content (AvgIpc) is 2.47. The molecule has 1 aliphatic rings. The van der Waals surface area contributed by atoms with Gasteiger partial charge in [0.1, 0.15) is 6.10 Å². The van der Waals surface area contributed by atoms with Gasteiger partial charge in [-0.2, -0.15) is 0 Å². The Morgan fingerprint density at radius 2 is 2.36 bits per heavy atom. The molecule has 5 nitrogen and oxygen atoms in total. The number of nitrogens with zero attached hydrogens (tertiary/aromatic N) is 1. The zero-order valence-corrected chi connectivity index (χ0v) is 8.64. The number of aliphatic hydroxyl groups excluding tert-OH is 1. The van der Waals surface area contributed by atoms with E-state index in [1.807, 2.05) is 6.92 Å². The zero-order chi connectivity index (χ0) is 10.7. The summed E-state index contributed by atoms with van der Waals surface area (Å²) in [5, 5.41) is 9.56.